The van der Waals surface area contributed by atoms with Gasteiger partial charge in [-0.2, -0.15) is 5.10 Å². The SMILES string of the molecule is CCCC(N)Cc1nc(-c2ccccc2)n[nH]1. The number of hydrogen-bond acceptors (Lipinski definition) is 3. The summed E-state index contributed by atoms with van der Waals surface area (Å²) in [5, 5.41) is 7.16. The first-order valence-electron chi connectivity index (χ1n) is 6.02. The molecule has 0 fully saturated rings. The van der Waals surface area contributed by atoms with Gasteiger partial charge >= 0.3 is 0 Å². The lowest BCUT2D eigenvalue weighted by Crippen LogP contribution is -2.22. The number of rotatable bonds is 5. The molecule has 17 heavy (non-hydrogen) atoms. The van der Waals surface area contributed by atoms with Crippen LogP contribution < -0.4 is 5.73 Å². The molecule has 3 N–H and O–H groups in total. The monoisotopic (exact) mass is 230 g/mol. The number of hydrogen-bond donors (Lipinski definition) is 2. The summed E-state index contributed by atoms with van der Waals surface area (Å²) < 4.78 is 0. The first kappa shape index (κ1) is 11.8. The standard InChI is InChI=1S/C13H18N4/c1-2-6-11(14)9-12-15-13(17-16-12)10-7-4-3-5-8-10/h3-5,7-8,11H,2,6,9,14H2,1H3,(H,15,16,17). The highest BCUT2D eigenvalue weighted by molar-refractivity contribution is 5.53. The summed E-state index contributed by atoms with van der Waals surface area (Å²) in [7, 11) is 0. The molecule has 1 aromatic heterocycles. The van der Waals surface area contributed by atoms with E-state index in [4.69, 9.17) is 5.73 Å². The quantitative estimate of drug-likeness (QED) is 0.827. The van der Waals surface area contributed by atoms with Gasteiger partial charge in [-0.05, 0) is 6.42 Å². The third-order valence-corrected chi connectivity index (χ3v) is 2.68. The summed E-state index contributed by atoms with van der Waals surface area (Å²) in [5.41, 5.74) is 7.00. The Labute approximate surface area is 101 Å². The molecule has 0 aliphatic heterocycles. The van der Waals surface area contributed by atoms with Crippen LogP contribution in [0.15, 0.2) is 30.3 Å². The van der Waals surface area contributed by atoms with Crippen molar-refractivity contribution in [2.24, 2.45) is 5.73 Å². The lowest BCUT2D eigenvalue weighted by Gasteiger charge is -2.06. The molecule has 90 valence electrons. The maximum Gasteiger partial charge on any atom is 0.181 e. The number of benzene rings is 1. The second kappa shape index (κ2) is 5.59. The van der Waals surface area contributed by atoms with E-state index in [2.05, 4.69) is 22.1 Å². The van der Waals surface area contributed by atoms with Crippen LogP contribution in [0.2, 0.25) is 0 Å². The average Bonchev–Trinajstić information content (AvgIpc) is 2.79. The Bertz CT molecular complexity index is 449. The zero-order valence-electron chi connectivity index (χ0n) is 10.1. The molecule has 0 saturated carbocycles. The van der Waals surface area contributed by atoms with Crippen LogP contribution in [0.4, 0.5) is 0 Å². The Morgan fingerprint density at radius 3 is 2.76 bits per heavy atom. The van der Waals surface area contributed by atoms with Crippen LogP contribution >= 0.6 is 0 Å². The van der Waals surface area contributed by atoms with Crippen LogP contribution in [-0.4, -0.2) is 21.2 Å². The predicted octanol–water partition coefficient (Wildman–Crippen LogP) is 2.14. The number of H-pyrrole nitrogens is 1. The molecule has 0 aliphatic carbocycles. The highest BCUT2D eigenvalue weighted by atomic mass is 15.2. The summed E-state index contributed by atoms with van der Waals surface area (Å²) in [6, 6.07) is 10.1. The summed E-state index contributed by atoms with van der Waals surface area (Å²) in [4.78, 5) is 4.46. The molecule has 0 bridgehead atoms. The van der Waals surface area contributed by atoms with E-state index in [1.807, 2.05) is 30.3 Å². The highest BCUT2D eigenvalue weighted by Crippen LogP contribution is 2.13. The summed E-state index contributed by atoms with van der Waals surface area (Å²) in [5.74, 6) is 1.61. The van der Waals surface area contributed by atoms with E-state index < -0.39 is 0 Å². The van der Waals surface area contributed by atoms with E-state index in [1.165, 1.54) is 0 Å². The van der Waals surface area contributed by atoms with Crippen LogP contribution in [0, 0.1) is 0 Å². The fourth-order valence-electron chi connectivity index (χ4n) is 1.82. The zero-order chi connectivity index (χ0) is 12.1. The van der Waals surface area contributed by atoms with Gasteiger partial charge in [-0.15, -0.1) is 0 Å². The summed E-state index contributed by atoms with van der Waals surface area (Å²) in [6.45, 7) is 2.13. The molecule has 0 spiro atoms. The van der Waals surface area contributed by atoms with Gasteiger partial charge in [0.05, 0.1) is 0 Å². The third-order valence-electron chi connectivity index (χ3n) is 2.68. The van der Waals surface area contributed by atoms with E-state index in [0.717, 1.165) is 36.5 Å². The predicted molar refractivity (Wildman–Crippen MR) is 68.4 cm³/mol. The minimum absolute atomic E-state index is 0.163. The maximum atomic E-state index is 5.98. The molecule has 1 unspecified atom stereocenters. The molecule has 0 saturated heterocycles. The second-order valence-electron chi connectivity index (χ2n) is 4.22. The molecule has 4 heteroatoms. The van der Waals surface area contributed by atoms with Crippen molar-refractivity contribution >= 4 is 0 Å². The summed E-state index contributed by atoms with van der Waals surface area (Å²) in [6.07, 6.45) is 2.87. The smallest absolute Gasteiger partial charge is 0.181 e. The average molecular weight is 230 g/mol. The van der Waals surface area contributed by atoms with Crippen LogP contribution in [0.25, 0.3) is 11.4 Å². The van der Waals surface area contributed by atoms with Crippen molar-refractivity contribution in [3.8, 4) is 11.4 Å². The molecule has 0 radical (unpaired) electrons. The van der Waals surface area contributed by atoms with Crippen molar-refractivity contribution in [3.05, 3.63) is 36.2 Å². The number of nitrogens with two attached hydrogens (primary N) is 1. The fourth-order valence-corrected chi connectivity index (χ4v) is 1.82. The van der Waals surface area contributed by atoms with Crippen LogP contribution in [-0.2, 0) is 6.42 Å². The molecular weight excluding hydrogens is 212 g/mol. The Morgan fingerprint density at radius 1 is 1.29 bits per heavy atom. The lowest BCUT2D eigenvalue weighted by atomic mass is 10.1. The van der Waals surface area contributed by atoms with E-state index in [-0.39, 0.29) is 6.04 Å². The van der Waals surface area contributed by atoms with E-state index in [1.54, 1.807) is 0 Å². The van der Waals surface area contributed by atoms with Crippen LogP contribution in [0.1, 0.15) is 25.6 Å². The Kier molecular flexibility index (Phi) is 3.88. The van der Waals surface area contributed by atoms with Crippen molar-refractivity contribution in [2.45, 2.75) is 32.2 Å². The van der Waals surface area contributed by atoms with Crippen LogP contribution in [0.5, 0.6) is 0 Å². The largest absolute Gasteiger partial charge is 0.327 e. The van der Waals surface area contributed by atoms with E-state index >= 15 is 0 Å². The number of nitrogens with zero attached hydrogens (tertiary/aromatic N) is 2. The Hall–Kier alpha value is -1.68. The normalized spacial score (nSPS) is 12.6. The van der Waals surface area contributed by atoms with E-state index in [0.29, 0.717) is 0 Å². The van der Waals surface area contributed by atoms with Crippen molar-refractivity contribution in [3.63, 3.8) is 0 Å². The first-order valence-corrected chi connectivity index (χ1v) is 6.02. The van der Waals surface area contributed by atoms with Crippen molar-refractivity contribution in [2.75, 3.05) is 0 Å². The van der Waals surface area contributed by atoms with Gasteiger partial charge in [-0.3, -0.25) is 5.10 Å². The number of nitrogens with one attached hydrogen (secondary N) is 1. The van der Waals surface area contributed by atoms with E-state index in [9.17, 15) is 0 Å². The molecular formula is C13H18N4. The van der Waals surface area contributed by atoms with Gasteiger partial charge in [0.25, 0.3) is 0 Å². The Morgan fingerprint density at radius 2 is 2.06 bits per heavy atom. The van der Waals surface area contributed by atoms with Gasteiger partial charge < -0.3 is 5.73 Å². The molecule has 2 rings (SSSR count). The number of aromatic nitrogens is 3. The highest BCUT2D eigenvalue weighted by Gasteiger charge is 2.08. The fraction of sp³-hybridized carbons (Fsp3) is 0.385. The minimum atomic E-state index is 0.163. The number of aromatic amines is 1. The molecule has 1 aromatic carbocycles. The first-order chi connectivity index (χ1) is 8.29. The van der Waals surface area contributed by atoms with Gasteiger partial charge in [0.1, 0.15) is 5.82 Å². The maximum absolute atomic E-state index is 5.98. The molecule has 4 nitrogen and oxygen atoms in total. The topological polar surface area (TPSA) is 67.6 Å². The molecule has 0 aliphatic rings. The van der Waals surface area contributed by atoms with Gasteiger partial charge in [-0.1, -0.05) is 43.7 Å². The van der Waals surface area contributed by atoms with Crippen molar-refractivity contribution in [1.29, 1.82) is 0 Å². The molecule has 1 heterocycles. The van der Waals surface area contributed by atoms with Crippen LogP contribution in [0.3, 0.4) is 0 Å². The van der Waals surface area contributed by atoms with Gasteiger partial charge in [0, 0.05) is 18.0 Å². The third kappa shape index (κ3) is 3.14. The van der Waals surface area contributed by atoms with Gasteiger partial charge in [-0.25, -0.2) is 4.98 Å². The lowest BCUT2D eigenvalue weighted by molar-refractivity contribution is 0.586. The van der Waals surface area contributed by atoms with Crippen molar-refractivity contribution < 1.29 is 0 Å². The van der Waals surface area contributed by atoms with Gasteiger partial charge in [0.2, 0.25) is 0 Å². The zero-order valence-corrected chi connectivity index (χ0v) is 10.1. The Balaban J connectivity index is 2.06. The van der Waals surface area contributed by atoms with Crippen molar-refractivity contribution in [1.82, 2.24) is 15.2 Å². The van der Waals surface area contributed by atoms with Gasteiger partial charge in [0.15, 0.2) is 5.82 Å². The molecule has 0 amide bonds. The summed E-state index contributed by atoms with van der Waals surface area (Å²) >= 11 is 0. The molecule has 2 aromatic rings. The molecule has 1 atom stereocenters. The minimum Gasteiger partial charge on any atom is -0.327 e. The second-order valence-corrected chi connectivity index (χ2v) is 4.22.